The second-order valence-electron chi connectivity index (χ2n) is 12.9. The fourth-order valence-electron chi connectivity index (χ4n) is 5.52. The van der Waals surface area contributed by atoms with E-state index in [9.17, 15) is 43.6 Å². The van der Waals surface area contributed by atoms with Crippen molar-refractivity contribution < 1.29 is 69.5 Å². The van der Waals surface area contributed by atoms with Crippen molar-refractivity contribution in [3.8, 4) is 17.2 Å². The topological polar surface area (TPSA) is 313 Å². The Morgan fingerprint density at radius 2 is 1.14 bits per heavy atom. The monoisotopic (exact) mass is 1000 g/mol. The van der Waals surface area contributed by atoms with Crippen molar-refractivity contribution in [3.05, 3.63) is 133 Å². The molecule has 0 aliphatic carbocycles. The van der Waals surface area contributed by atoms with Crippen LogP contribution in [0, 0.1) is 30.3 Å². The number of nitrogens with one attached hydrogen (secondary N) is 1. The minimum absolute atomic E-state index is 0.00313. The van der Waals surface area contributed by atoms with Crippen LogP contribution < -0.4 is 18.3 Å². The van der Waals surface area contributed by atoms with Gasteiger partial charge in [-0.3, -0.25) is 34.9 Å². The van der Waals surface area contributed by atoms with Gasteiger partial charge in [-0.25, -0.2) is 13.2 Å². The van der Waals surface area contributed by atoms with Crippen LogP contribution in [0.5, 0.6) is 17.2 Å². The Bertz CT molecular complexity index is 2620. The van der Waals surface area contributed by atoms with Gasteiger partial charge in [-0.05, 0) is 59.3 Å². The number of hydrogen-bond acceptors (Lipinski definition) is 21. The van der Waals surface area contributed by atoms with E-state index >= 15 is 0 Å². The number of nitro groups is 3. The first kappa shape index (κ1) is 49.1. The van der Waals surface area contributed by atoms with Crippen LogP contribution in [0.4, 0.5) is 17.1 Å². The fraction of sp³-hybridized carbons (Fsp3) is 0.286. The standard InChI is InChI=1S/C35H37ClN7O18P3S/c1-53-35(44)34(37-65(51,52)33-5-3-2-4-32(33)43(49)50)26-6-12-29(13-7-26)59-63-38-62(36,57-24-22-55-20-18-54-19-21-56-23-25-58-63)39-64(40-63,60-30-14-8-27(9-15-30)41(45)46)61-31-16-10-28(11-17-31)42(47)48/h2-17,34,37H,18-25H2,1H3/t34-,62?,63?/m1/s1. The molecular formula is C35H37ClN7O18P3S. The molecule has 348 valence electrons. The average Bonchev–Trinajstić information content (AvgIpc) is 3.27. The molecule has 0 amide bonds. The highest BCUT2D eigenvalue weighted by atomic mass is 35.7. The molecule has 1 N–H and O–H groups in total. The molecule has 6 rings (SSSR count). The molecule has 25 nitrogen and oxygen atoms in total. The van der Waals surface area contributed by atoms with Crippen molar-refractivity contribution in [2.24, 2.45) is 13.5 Å². The zero-order chi connectivity index (χ0) is 46.7. The third-order valence-electron chi connectivity index (χ3n) is 8.43. The molecular weight excluding hydrogens is 967 g/mol. The van der Waals surface area contributed by atoms with E-state index in [1.165, 1.54) is 60.7 Å². The molecule has 0 fully saturated rings. The Balaban J connectivity index is 1.47. The van der Waals surface area contributed by atoms with Crippen LogP contribution in [0.15, 0.2) is 116 Å². The lowest BCUT2D eigenvalue weighted by Crippen LogP contribution is -2.34. The van der Waals surface area contributed by atoms with E-state index in [1.807, 2.05) is 0 Å². The second kappa shape index (κ2) is 21.8. The van der Waals surface area contributed by atoms with E-state index in [-0.39, 0.29) is 87.0 Å². The van der Waals surface area contributed by atoms with Gasteiger partial charge in [-0.15, -0.1) is 13.5 Å². The number of para-hydroxylation sites is 1. The number of rotatable bonds is 14. The van der Waals surface area contributed by atoms with Gasteiger partial charge >= 0.3 is 28.1 Å². The first-order valence-corrected chi connectivity index (χ1v) is 25.7. The number of methoxy groups -OCH3 is 1. The van der Waals surface area contributed by atoms with Gasteiger partial charge in [0.1, 0.15) is 23.3 Å². The molecule has 2 bridgehead atoms. The molecule has 0 saturated carbocycles. The normalized spacial score (nSPS) is 20.8. The maximum absolute atomic E-state index is 13.5. The number of carbonyl (C=O) groups excluding carboxylic acids is 1. The van der Waals surface area contributed by atoms with Crippen molar-refractivity contribution in [3.63, 3.8) is 0 Å². The lowest BCUT2D eigenvalue weighted by molar-refractivity contribution is -0.387. The van der Waals surface area contributed by atoms with Gasteiger partial charge in [-0.2, -0.15) is 4.72 Å². The summed E-state index contributed by atoms with van der Waals surface area (Å²) in [7, 11) is -12.4. The summed E-state index contributed by atoms with van der Waals surface area (Å²) in [6.45, 7) is -3.83. The summed E-state index contributed by atoms with van der Waals surface area (Å²) in [6.07, 6.45) is 0. The Labute approximate surface area is 374 Å². The van der Waals surface area contributed by atoms with Gasteiger partial charge in [0.15, 0.2) is 4.90 Å². The zero-order valence-electron chi connectivity index (χ0n) is 33.6. The van der Waals surface area contributed by atoms with Crippen LogP contribution in [0.2, 0.25) is 0 Å². The third kappa shape index (κ3) is 13.1. The summed E-state index contributed by atoms with van der Waals surface area (Å²) in [5.74, 6) is -1.26. The largest absolute Gasteiger partial charge is 0.468 e. The van der Waals surface area contributed by atoms with Gasteiger partial charge in [-0.1, -0.05) is 24.3 Å². The molecule has 0 aromatic heterocycles. The minimum Gasteiger partial charge on any atom is -0.468 e. The second-order valence-corrected chi connectivity index (χ2v) is 22.0. The molecule has 0 radical (unpaired) electrons. The highest BCUT2D eigenvalue weighted by molar-refractivity contribution is 7.94. The minimum atomic E-state index is -4.72. The van der Waals surface area contributed by atoms with E-state index < -0.39 is 69.5 Å². The lowest BCUT2D eigenvalue weighted by atomic mass is 10.1. The summed E-state index contributed by atoms with van der Waals surface area (Å²) in [5, 5.41) is 34.6. The lowest BCUT2D eigenvalue weighted by Gasteiger charge is -2.31. The van der Waals surface area contributed by atoms with E-state index in [1.54, 1.807) is 0 Å². The molecule has 2 heterocycles. The van der Waals surface area contributed by atoms with Gasteiger partial charge in [0.25, 0.3) is 17.1 Å². The Kier molecular flexibility index (Phi) is 16.4. The zero-order valence-corrected chi connectivity index (χ0v) is 37.9. The van der Waals surface area contributed by atoms with Crippen molar-refractivity contribution >= 4 is 66.4 Å². The molecule has 0 saturated heterocycles. The van der Waals surface area contributed by atoms with Crippen molar-refractivity contribution in [1.29, 1.82) is 0 Å². The molecule has 65 heavy (non-hydrogen) atoms. The highest BCUT2D eigenvalue weighted by Crippen LogP contribution is 2.81. The fourth-order valence-corrected chi connectivity index (χ4v) is 17.0. The van der Waals surface area contributed by atoms with Crippen LogP contribution in [0.1, 0.15) is 11.6 Å². The van der Waals surface area contributed by atoms with Crippen LogP contribution in [0.25, 0.3) is 0 Å². The van der Waals surface area contributed by atoms with Gasteiger partial charge < -0.3 is 37.0 Å². The summed E-state index contributed by atoms with van der Waals surface area (Å²) in [5.41, 5.74) is -1.30. The number of nitrogens with zero attached hydrogens (tertiary/aromatic N) is 6. The number of fused-ring (bicyclic) bond motifs is 1. The van der Waals surface area contributed by atoms with Crippen LogP contribution in [-0.2, 0) is 42.8 Å². The number of carbonyl (C=O) groups is 1. The first-order valence-electron chi connectivity index (χ1n) is 18.7. The van der Waals surface area contributed by atoms with Crippen molar-refractivity contribution in [1.82, 2.24) is 4.72 Å². The number of hydrogen-bond donors (Lipinski definition) is 1. The summed E-state index contributed by atoms with van der Waals surface area (Å²) >= 11 is 7.18. The number of esters is 1. The Morgan fingerprint density at radius 3 is 1.65 bits per heavy atom. The molecule has 2 aliphatic heterocycles. The first-order chi connectivity index (χ1) is 31.0. The molecule has 2 unspecified atom stereocenters. The molecule has 0 spiro atoms. The van der Waals surface area contributed by atoms with E-state index in [4.69, 9.17) is 57.3 Å². The Hall–Kier alpha value is -5.36. The molecule has 2 aliphatic rings. The van der Waals surface area contributed by atoms with Gasteiger partial charge in [0.2, 0.25) is 10.0 Å². The summed E-state index contributed by atoms with van der Waals surface area (Å²) in [4.78, 5) is 44.8. The highest BCUT2D eigenvalue weighted by Gasteiger charge is 2.45. The molecule has 30 heteroatoms. The predicted molar refractivity (Wildman–Crippen MR) is 231 cm³/mol. The maximum Gasteiger partial charge on any atom is 0.457 e. The summed E-state index contributed by atoms with van der Waals surface area (Å²) < 4.78 is 96.4. The summed E-state index contributed by atoms with van der Waals surface area (Å²) in [6, 6.07) is 17.5. The SMILES string of the molecule is COC(=O)[C@H](NS(=O)(=O)c1ccccc1[N+](=O)[O-])c1ccc(OP23=NP(Oc4ccc([N+](=O)[O-])cc4)(Oc4ccc([N+](=O)[O-])cc4)=NP(Cl)(=N2)OCCOCCOCCOCCO3)cc1. The van der Waals surface area contributed by atoms with E-state index in [0.29, 0.717) is 0 Å². The maximum atomic E-state index is 13.5. The van der Waals surface area contributed by atoms with Crippen LogP contribution in [-0.4, -0.2) is 89.1 Å². The van der Waals surface area contributed by atoms with Crippen molar-refractivity contribution in [2.75, 3.05) is 60.0 Å². The van der Waals surface area contributed by atoms with Gasteiger partial charge in [0.05, 0.1) is 74.7 Å². The number of nitro benzene ring substituents is 3. The van der Waals surface area contributed by atoms with E-state index in [2.05, 4.69) is 13.8 Å². The average molecular weight is 1000 g/mol. The Morgan fingerprint density at radius 1 is 0.662 bits per heavy atom. The number of non-ortho nitro benzene ring substituents is 2. The van der Waals surface area contributed by atoms with Crippen LogP contribution in [0.3, 0.4) is 0 Å². The molecule has 4 aromatic carbocycles. The van der Waals surface area contributed by atoms with Crippen LogP contribution >= 0.6 is 33.3 Å². The number of ether oxygens (including phenoxy) is 4. The number of sulfonamides is 1. The predicted octanol–water partition coefficient (Wildman–Crippen LogP) is 8.33. The number of halogens is 1. The number of benzene rings is 4. The van der Waals surface area contributed by atoms with E-state index in [0.717, 1.165) is 43.5 Å². The van der Waals surface area contributed by atoms with Gasteiger partial charge in [0, 0.05) is 30.3 Å². The quantitative estimate of drug-likeness (QED) is 0.0537. The molecule has 3 atom stereocenters. The third-order valence-corrected chi connectivity index (χ3v) is 19.2. The smallest absolute Gasteiger partial charge is 0.457 e. The molecule has 4 aromatic rings. The van der Waals surface area contributed by atoms with Crippen molar-refractivity contribution in [2.45, 2.75) is 10.9 Å².